The Morgan fingerprint density at radius 1 is 1.26 bits per heavy atom. The van der Waals surface area contributed by atoms with Crippen molar-refractivity contribution in [2.75, 3.05) is 19.6 Å². The van der Waals surface area contributed by atoms with Gasteiger partial charge >= 0.3 is 0 Å². The average Bonchev–Trinajstić information content (AvgIpc) is 2.66. The second-order valence-corrected chi connectivity index (χ2v) is 7.44. The molecule has 0 unspecified atom stereocenters. The second-order valence-electron chi connectivity index (χ2n) is 7.44. The summed E-state index contributed by atoms with van der Waals surface area (Å²) in [5.74, 6) is -0.147. The molecule has 144 valence electrons. The first-order chi connectivity index (χ1) is 13.1. The Labute approximate surface area is 161 Å². The van der Waals surface area contributed by atoms with Crippen LogP contribution in [-0.4, -0.2) is 46.1 Å². The normalized spacial score (nSPS) is 20.1. The summed E-state index contributed by atoms with van der Waals surface area (Å²) in [6.45, 7) is 4.25. The number of amides is 1. The van der Waals surface area contributed by atoms with Gasteiger partial charge in [-0.1, -0.05) is 30.3 Å². The van der Waals surface area contributed by atoms with Crippen LogP contribution in [0.4, 0.5) is 0 Å². The number of nitrogens with one attached hydrogen (secondary N) is 1. The van der Waals surface area contributed by atoms with E-state index in [1.165, 1.54) is 5.56 Å². The van der Waals surface area contributed by atoms with Crippen molar-refractivity contribution in [3.05, 3.63) is 65.5 Å². The molecule has 1 saturated heterocycles. The number of benzene rings is 1. The third-order valence-electron chi connectivity index (χ3n) is 5.14. The number of carbonyl (C=O) groups is 1. The van der Waals surface area contributed by atoms with Gasteiger partial charge in [0.25, 0.3) is 5.91 Å². The van der Waals surface area contributed by atoms with E-state index in [1.807, 2.05) is 42.2 Å². The highest BCUT2D eigenvalue weighted by molar-refractivity contribution is 5.86. The minimum Gasteiger partial charge on any atom is -0.379 e. The Hall–Kier alpha value is -2.24. The molecule has 2 N–H and O–H groups in total. The number of hydrogen-bond donors (Lipinski definition) is 2. The van der Waals surface area contributed by atoms with Gasteiger partial charge in [-0.05, 0) is 55.9 Å². The number of nitrogens with zero attached hydrogens (tertiary/aromatic N) is 2. The van der Waals surface area contributed by atoms with Crippen LogP contribution in [-0.2, 0) is 17.8 Å². The van der Waals surface area contributed by atoms with Crippen LogP contribution in [0.1, 0.15) is 36.1 Å². The van der Waals surface area contributed by atoms with E-state index < -0.39 is 5.60 Å². The monoisotopic (exact) mass is 367 g/mol. The quantitative estimate of drug-likeness (QED) is 0.752. The maximum absolute atomic E-state index is 12.8. The summed E-state index contributed by atoms with van der Waals surface area (Å²) in [6.07, 6.45) is 4.97. The highest BCUT2D eigenvalue weighted by atomic mass is 16.3. The molecule has 0 radical (unpaired) electrons. The fourth-order valence-electron chi connectivity index (χ4n) is 3.65. The number of rotatable bonds is 8. The molecule has 27 heavy (non-hydrogen) atoms. The predicted octanol–water partition coefficient (Wildman–Crippen LogP) is 2.47. The van der Waals surface area contributed by atoms with Crippen molar-refractivity contribution in [2.24, 2.45) is 0 Å². The van der Waals surface area contributed by atoms with Crippen LogP contribution < -0.4 is 5.32 Å². The first kappa shape index (κ1) is 19.5. The van der Waals surface area contributed by atoms with Gasteiger partial charge in [-0.15, -0.1) is 0 Å². The van der Waals surface area contributed by atoms with E-state index in [-0.39, 0.29) is 12.5 Å². The number of pyridine rings is 1. The molecule has 3 rings (SSSR count). The lowest BCUT2D eigenvalue weighted by Crippen LogP contribution is -2.58. The number of likely N-dealkylation sites (tertiary alicyclic amines) is 1. The molecular formula is C22H29N3O2. The van der Waals surface area contributed by atoms with Gasteiger partial charge in [-0.25, -0.2) is 0 Å². The summed E-state index contributed by atoms with van der Waals surface area (Å²) < 4.78 is 0. The van der Waals surface area contributed by atoms with Crippen molar-refractivity contribution in [3.8, 4) is 0 Å². The zero-order valence-electron chi connectivity index (χ0n) is 16.0. The van der Waals surface area contributed by atoms with E-state index in [0.29, 0.717) is 19.5 Å². The van der Waals surface area contributed by atoms with Gasteiger partial charge in [0.15, 0.2) is 5.60 Å². The van der Waals surface area contributed by atoms with Crippen LogP contribution in [0.3, 0.4) is 0 Å². The van der Waals surface area contributed by atoms with Crippen molar-refractivity contribution in [1.29, 1.82) is 0 Å². The summed E-state index contributed by atoms with van der Waals surface area (Å²) >= 11 is 0. The minimum absolute atomic E-state index is 0.147. The van der Waals surface area contributed by atoms with Crippen LogP contribution in [0, 0.1) is 6.92 Å². The van der Waals surface area contributed by atoms with E-state index in [9.17, 15) is 9.90 Å². The lowest BCUT2D eigenvalue weighted by Gasteiger charge is -2.38. The molecule has 1 aromatic heterocycles. The van der Waals surface area contributed by atoms with E-state index in [1.54, 1.807) is 6.20 Å². The van der Waals surface area contributed by atoms with Crippen molar-refractivity contribution in [3.63, 3.8) is 0 Å². The number of carbonyl (C=O) groups excluding carboxylic acids is 1. The molecule has 5 heteroatoms. The maximum Gasteiger partial charge on any atom is 0.255 e. The standard InChI is InChI=1S/C22H29N3O2/c1-18-10-12-24-20(15-18)16-23-17-22(27)11-6-14-25(21(22)26)13-5-9-19-7-3-2-4-8-19/h2-4,7-8,10,12,15,23,27H,5-6,9,11,13-14,16-17H2,1H3/t22-/m1/s1. The lowest BCUT2D eigenvalue weighted by molar-refractivity contribution is -0.156. The number of piperidine rings is 1. The molecule has 1 aliphatic heterocycles. The van der Waals surface area contributed by atoms with Gasteiger partial charge in [0.05, 0.1) is 5.69 Å². The Morgan fingerprint density at radius 3 is 2.85 bits per heavy atom. The van der Waals surface area contributed by atoms with Crippen LogP contribution in [0.5, 0.6) is 0 Å². The summed E-state index contributed by atoms with van der Waals surface area (Å²) in [5, 5.41) is 14.1. The SMILES string of the molecule is Cc1ccnc(CNC[C@]2(O)CCCN(CCCc3ccccc3)C2=O)c1. The van der Waals surface area contributed by atoms with Crippen LogP contribution >= 0.6 is 0 Å². The van der Waals surface area contributed by atoms with Crippen molar-refractivity contribution in [2.45, 2.75) is 44.8 Å². The molecule has 2 heterocycles. The average molecular weight is 367 g/mol. The highest BCUT2D eigenvalue weighted by Crippen LogP contribution is 2.22. The Balaban J connectivity index is 1.48. The van der Waals surface area contributed by atoms with E-state index >= 15 is 0 Å². The van der Waals surface area contributed by atoms with Gasteiger partial charge in [0.2, 0.25) is 0 Å². The molecule has 1 amide bonds. The topological polar surface area (TPSA) is 65.5 Å². The molecule has 0 spiro atoms. The Bertz CT molecular complexity index is 750. The van der Waals surface area contributed by atoms with Crippen molar-refractivity contribution in [1.82, 2.24) is 15.2 Å². The molecular weight excluding hydrogens is 338 g/mol. The lowest BCUT2D eigenvalue weighted by atomic mass is 9.91. The Kier molecular flexibility index (Phi) is 6.58. The summed E-state index contributed by atoms with van der Waals surface area (Å²) in [4.78, 5) is 18.9. The predicted molar refractivity (Wildman–Crippen MR) is 106 cm³/mol. The second kappa shape index (κ2) is 9.11. The third kappa shape index (κ3) is 5.37. The molecule has 2 aromatic rings. The molecule has 0 saturated carbocycles. The first-order valence-electron chi connectivity index (χ1n) is 9.75. The summed E-state index contributed by atoms with van der Waals surface area (Å²) in [7, 11) is 0. The Morgan fingerprint density at radius 2 is 2.07 bits per heavy atom. The number of aryl methyl sites for hydroxylation is 2. The molecule has 1 aliphatic rings. The third-order valence-corrected chi connectivity index (χ3v) is 5.14. The van der Waals surface area contributed by atoms with Gasteiger partial charge in [0, 0.05) is 32.4 Å². The zero-order chi connectivity index (χ0) is 19.1. The number of hydrogen-bond acceptors (Lipinski definition) is 4. The first-order valence-corrected chi connectivity index (χ1v) is 9.75. The summed E-state index contributed by atoms with van der Waals surface area (Å²) in [5.41, 5.74) is 2.04. The number of aromatic nitrogens is 1. The molecule has 1 atom stereocenters. The zero-order valence-corrected chi connectivity index (χ0v) is 16.0. The molecule has 1 aromatic carbocycles. The minimum atomic E-state index is -1.31. The largest absolute Gasteiger partial charge is 0.379 e. The highest BCUT2D eigenvalue weighted by Gasteiger charge is 2.41. The van der Waals surface area contributed by atoms with E-state index in [2.05, 4.69) is 22.4 Å². The van der Waals surface area contributed by atoms with Gasteiger partial charge in [-0.3, -0.25) is 9.78 Å². The maximum atomic E-state index is 12.8. The van der Waals surface area contributed by atoms with E-state index in [0.717, 1.165) is 37.1 Å². The molecule has 1 fully saturated rings. The summed E-state index contributed by atoms with van der Waals surface area (Å²) in [6, 6.07) is 14.3. The molecule has 0 bridgehead atoms. The smallest absolute Gasteiger partial charge is 0.255 e. The molecule has 0 aliphatic carbocycles. The van der Waals surface area contributed by atoms with Gasteiger partial charge in [0.1, 0.15) is 0 Å². The van der Waals surface area contributed by atoms with E-state index in [4.69, 9.17) is 0 Å². The number of aliphatic hydroxyl groups is 1. The van der Waals surface area contributed by atoms with Crippen molar-refractivity contribution < 1.29 is 9.90 Å². The van der Waals surface area contributed by atoms with Gasteiger partial charge in [-0.2, -0.15) is 0 Å². The van der Waals surface area contributed by atoms with Crippen LogP contribution in [0.25, 0.3) is 0 Å². The van der Waals surface area contributed by atoms with Crippen LogP contribution in [0.15, 0.2) is 48.7 Å². The van der Waals surface area contributed by atoms with Crippen LogP contribution in [0.2, 0.25) is 0 Å². The molecule has 5 nitrogen and oxygen atoms in total. The van der Waals surface area contributed by atoms with Crippen molar-refractivity contribution >= 4 is 5.91 Å². The fourth-order valence-corrected chi connectivity index (χ4v) is 3.65. The fraction of sp³-hybridized carbons (Fsp3) is 0.455. The van der Waals surface area contributed by atoms with Gasteiger partial charge < -0.3 is 15.3 Å².